The summed E-state index contributed by atoms with van der Waals surface area (Å²) in [7, 11) is 1.60. The topological polar surface area (TPSA) is 44.1 Å². The van der Waals surface area contributed by atoms with Gasteiger partial charge in [0, 0.05) is 16.8 Å². The number of nitrogens with zero attached hydrogens (tertiary/aromatic N) is 2. The number of methoxy groups -OCH3 is 1. The molecule has 0 atom stereocenters. The Morgan fingerprint density at radius 2 is 2.35 bits per heavy atom. The molecule has 1 aromatic carbocycles. The zero-order valence-corrected chi connectivity index (χ0v) is 10.0. The van der Waals surface area contributed by atoms with Gasteiger partial charge in [-0.3, -0.25) is 9.48 Å². The van der Waals surface area contributed by atoms with E-state index in [-0.39, 0.29) is 0 Å². The molecule has 0 spiro atoms. The molecule has 0 aliphatic heterocycles. The van der Waals surface area contributed by atoms with Crippen LogP contribution in [0.4, 0.5) is 0 Å². The molecule has 0 unspecified atom stereocenters. The smallest absolute Gasteiger partial charge is 0.153 e. The summed E-state index contributed by atoms with van der Waals surface area (Å²) in [5.74, 6) is 0.748. The van der Waals surface area contributed by atoms with E-state index in [9.17, 15) is 4.79 Å². The Morgan fingerprint density at radius 3 is 3.00 bits per heavy atom. The normalized spacial score (nSPS) is 10.2. The second kappa shape index (κ2) is 5.01. The van der Waals surface area contributed by atoms with Crippen LogP contribution in [-0.2, 0) is 6.54 Å². The quantitative estimate of drug-likeness (QED) is 0.783. The molecular weight excluding hydrogens is 240 g/mol. The highest BCUT2D eigenvalue weighted by molar-refractivity contribution is 6.30. The van der Waals surface area contributed by atoms with Crippen molar-refractivity contribution in [1.29, 1.82) is 0 Å². The van der Waals surface area contributed by atoms with Gasteiger partial charge in [0.1, 0.15) is 5.75 Å². The predicted octanol–water partition coefficient (Wildman–Crippen LogP) is 2.41. The Hall–Kier alpha value is -1.81. The molecule has 88 valence electrons. The molecule has 1 aromatic heterocycles. The Labute approximate surface area is 104 Å². The Kier molecular flexibility index (Phi) is 3.44. The van der Waals surface area contributed by atoms with E-state index in [1.807, 2.05) is 12.1 Å². The van der Waals surface area contributed by atoms with Gasteiger partial charge in [-0.15, -0.1) is 0 Å². The van der Waals surface area contributed by atoms with Crippen molar-refractivity contribution in [3.8, 4) is 5.75 Å². The van der Waals surface area contributed by atoms with E-state index in [4.69, 9.17) is 16.3 Å². The highest BCUT2D eigenvalue weighted by Crippen LogP contribution is 2.23. The summed E-state index contributed by atoms with van der Waals surface area (Å²) in [4.78, 5) is 10.6. The van der Waals surface area contributed by atoms with Crippen molar-refractivity contribution in [2.24, 2.45) is 0 Å². The average molecular weight is 251 g/mol. The van der Waals surface area contributed by atoms with Crippen molar-refractivity contribution >= 4 is 17.9 Å². The van der Waals surface area contributed by atoms with Crippen molar-refractivity contribution in [2.75, 3.05) is 7.11 Å². The third-order valence-electron chi connectivity index (χ3n) is 2.36. The molecule has 0 radical (unpaired) electrons. The van der Waals surface area contributed by atoms with Crippen molar-refractivity contribution in [3.63, 3.8) is 0 Å². The van der Waals surface area contributed by atoms with Gasteiger partial charge in [0.15, 0.2) is 6.29 Å². The largest absolute Gasteiger partial charge is 0.496 e. The first-order valence-corrected chi connectivity index (χ1v) is 5.41. The SMILES string of the molecule is COc1ccc(Cl)cc1Cn1cc(C=O)cn1. The summed E-state index contributed by atoms with van der Waals surface area (Å²) in [5.41, 5.74) is 1.46. The van der Waals surface area contributed by atoms with Crippen LogP contribution in [0.1, 0.15) is 15.9 Å². The number of hydrogen-bond donors (Lipinski definition) is 0. The maximum atomic E-state index is 10.6. The predicted molar refractivity (Wildman–Crippen MR) is 64.7 cm³/mol. The van der Waals surface area contributed by atoms with Gasteiger partial charge in [0.25, 0.3) is 0 Å². The first-order chi connectivity index (χ1) is 8.22. The molecule has 17 heavy (non-hydrogen) atoms. The molecule has 4 nitrogen and oxygen atoms in total. The summed E-state index contributed by atoms with van der Waals surface area (Å²) in [5, 5.41) is 4.72. The van der Waals surface area contributed by atoms with Gasteiger partial charge >= 0.3 is 0 Å². The molecule has 5 heteroatoms. The molecule has 0 aliphatic rings. The standard InChI is InChI=1S/C12H11ClN2O2/c1-17-12-3-2-11(13)4-10(12)7-15-6-9(8-16)5-14-15/h2-6,8H,7H2,1H3. The van der Waals surface area contributed by atoms with Gasteiger partial charge in [-0.1, -0.05) is 11.6 Å². The molecule has 0 aliphatic carbocycles. The Bertz CT molecular complexity index is 537. The molecular formula is C12H11ClN2O2. The molecule has 0 saturated carbocycles. The zero-order chi connectivity index (χ0) is 12.3. The number of carbonyl (C=O) groups is 1. The van der Waals surface area contributed by atoms with Gasteiger partial charge in [-0.25, -0.2) is 0 Å². The summed E-state index contributed by atoms with van der Waals surface area (Å²) in [6.45, 7) is 0.511. The minimum absolute atomic E-state index is 0.511. The maximum Gasteiger partial charge on any atom is 0.153 e. The van der Waals surface area contributed by atoms with Crippen molar-refractivity contribution < 1.29 is 9.53 Å². The monoisotopic (exact) mass is 250 g/mol. The minimum Gasteiger partial charge on any atom is -0.496 e. The summed E-state index contributed by atoms with van der Waals surface area (Å²) >= 11 is 5.93. The van der Waals surface area contributed by atoms with E-state index >= 15 is 0 Å². The second-order valence-corrected chi connectivity index (χ2v) is 3.98. The van der Waals surface area contributed by atoms with Crippen LogP contribution in [0.5, 0.6) is 5.75 Å². The molecule has 2 rings (SSSR count). The number of halogens is 1. The molecule has 0 N–H and O–H groups in total. The first-order valence-electron chi connectivity index (χ1n) is 5.03. The van der Waals surface area contributed by atoms with Gasteiger partial charge < -0.3 is 4.74 Å². The van der Waals surface area contributed by atoms with Gasteiger partial charge in [-0.2, -0.15) is 5.10 Å². The van der Waals surface area contributed by atoms with Crippen LogP contribution in [0.3, 0.4) is 0 Å². The van der Waals surface area contributed by atoms with E-state index in [2.05, 4.69) is 5.10 Å². The van der Waals surface area contributed by atoms with Crippen molar-refractivity contribution in [1.82, 2.24) is 9.78 Å². The van der Waals surface area contributed by atoms with E-state index < -0.39 is 0 Å². The number of rotatable bonds is 4. The van der Waals surface area contributed by atoms with Crippen LogP contribution in [0.15, 0.2) is 30.6 Å². The summed E-state index contributed by atoms with van der Waals surface area (Å²) in [6.07, 6.45) is 3.95. The Balaban J connectivity index is 2.28. The van der Waals surface area contributed by atoms with E-state index in [1.54, 1.807) is 24.1 Å². The van der Waals surface area contributed by atoms with Crippen LogP contribution < -0.4 is 4.74 Å². The fourth-order valence-electron chi connectivity index (χ4n) is 1.57. The van der Waals surface area contributed by atoms with Gasteiger partial charge in [0.05, 0.1) is 25.4 Å². The van der Waals surface area contributed by atoms with Crippen LogP contribution in [0, 0.1) is 0 Å². The van der Waals surface area contributed by atoms with Crippen LogP contribution >= 0.6 is 11.6 Å². The Morgan fingerprint density at radius 1 is 1.53 bits per heavy atom. The molecule has 0 amide bonds. The first kappa shape index (κ1) is 11.7. The summed E-state index contributed by atoms with van der Waals surface area (Å²) in [6, 6.07) is 5.40. The lowest BCUT2D eigenvalue weighted by Gasteiger charge is -2.08. The maximum absolute atomic E-state index is 10.6. The summed E-state index contributed by atoms with van der Waals surface area (Å²) < 4.78 is 6.90. The van der Waals surface area contributed by atoms with Crippen molar-refractivity contribution in [3.05, 3.63) is 46.7 Å². The molecule has 2 aromatic rings. The van der Waals surface area contributed by atoms with E-state index in [0.29, 0.717) is 17.1 Å². The zero-order valence-electron chi connectivity index (χ0n) is 9.26. The third-order valence-corrected chi connectivity index (χ3v) is 2.60. The van der Waals surface area contributed by atoms with Gasteiger partial charge in [0.2, 0.25) is 0 Å². The van der Waals surface area contributed by atoms with E-state index in [0.717, 1.165) is 17.6 Å². The molecule has 1 heterocycles. The van der Waals surface area contributed by atoms with Crippen LogP contribution in [0.25, 0.3) is 0 Å². The third kappa shape index (κ3) is 2.65. The fourth-order valence-corrected chi connectivity index (χ4v) is 1.77. The lowest BCUT2D eigenvalue weighted by molar-refractivity contribution is 0.112. The molecule has 0 saturated heterocycles. The number of benzene rings is 1. The second-order valence-electron chi connectivity index (χ2n) is 3.55. The number of carbonyl (C=O) groups excluding carboxylic acids is 1. The number of aromatic nitrogens is 2. The number of ether oxygens (including phenoxy) is 1. The van der Waals surface area contributed by atoms with E-state index in [1.165, 1.54) is 6.20 Å². The lowest BCUT2D eigenvalue weighted by atomic mass is 10.2. The minimum atomic E-state index is 0.511. The molecule has 0 fully saturated rings. The highest BCUT2D eigenvalue weighted by atomic mass is 35.5. The van der Waals surface area contributed by atoms with Gasteiger partial charge in [-0.05, 0) is 18.2 Å². The average Bonchev–Trinajstić information content (AvgIpc) is 2.77. The van der Waals surface area contributed by atoms with Crippen LogP contribution in [-0.4, -0.2) is 23.2 Å². The highest BCUT2D eigenvalue weighted by Gasteiger charge is 2.06. The lowest BCUT2D eigenvalue weighted by Crippen LogP contribution is -2.02. The molecule has 0 bridgehead atoms. The fraction of sp³-hybridized carbons (Fsp3) is 0.167. The number of hydrogen-bond acceptors (Lipinski definition) is 3. The van der Waals surface area contributed by atoms with Crippen LogP contribution in [0.2, 0.25) is 5.02 Å². The van der Waals surface area contributed by atoms with Crippen molar-refractivity contribution in [2.45, 2.75) is 6.54 Å². The number of aldehydes is 1.